The molecule has 1 amide bonds. The van der Waals surface area contributed by atoms with E-state index in [2.05, 4.69) is 15.9 Å². The van der Waals surface area contributed by atoms with Crippen LogP contribution in [-0.2, 0) is 9.53 Å². The molecule has 2 rings (SSSR count). The molecule has 0 aliphatic carbocycles. The smallest absolute Gasteiger partial charge is 0.414 e. The van der Waals surface area contributed by atoms with Crippen LogP contribution >= 0.6 is 15.9 Å². The Morgan fingerprint density at radius 2 is 2.32 bits per heavy atom. The molecular weight excluding hydrogens is 317 g/mol. The number of ketones is 1. The molecule has 0 saturated carbocycles. The molecule has 1 fully saturated rings. The summed E-state index contributed by atoms with van der Waals surface area (Å²) >= 11 is 3.06. The lowest BCUT2D eigenvalue weighted by Gasteiger charge is -2.13. The van der Waals surface area contributed by atoms with Crippen molar-refractivity contribution in [1.29, 1.82) is 0 Å². The molecule has 6 heteroatoms. The molecular formula is C13H13BrFNO3. The van der Waals surface area contributed by atoms with Crippen LogP contribution in [0.2, 0.25) is 0 Å². The quantitative estimate of drug-likeness (QED) is 0.851. The lowest BCUT2D eigenvalue weighted by molar-refractivity contribution is -0.117. The summed E-state index contributed by atoms with van der Waals surface area (Å²) in [5, 5.41) is 0. The van der Waals surface area contributed by atoms with E-state index in [0.717, 1.165) is 0 Å². The number of hydrogen-bond donors (Lipinski definition) is 0. The summed E-state index contributed by atoms with van der Waals surface area (Å²) in [6, 6.07) is 4.46. The standard InChI is InChI=1S/C13H13BrFNO3/c1-8(17)2-4-10-7-16(13(18)19-10)9-3-5-11(14)12(15)6-9/h3,5-6,10H,2,4,7H2,1H3/t10-/m0/s1. The van der Waals surface area contributed by atoms with Crippen molar-refractivity contribution in [2.24, 2.45) is 0 Å². The van der Waals surface area contributed by atoms with Crippen molar-refractivity contribution < 1.29 is 18.7 Å². The number of rotatable bonds is 4. The fraction of sp³-hybridized carbons (Fsp3) is 0.385. The van der Waals surface area contributed by atoms with Crippen LogP contribution in [0.3, 0.4) is 0 Å². The van der Waals surface area contributed by atoms with Gasteiger partial charge in [0, 0.05) is 6.42 Å². The first-order chi connectivity index (χ1) is 8.97. The molecule has 1 aromatic rings. The number of cyclic esters (lactones) is 1. The van der Waals surface area contributed by atoms with E-state index in [0.29, 0.717) is 29.5 Å². The van der Waals surface area contributed by atoms with E-state index in [1.807, 2.05) is 0 Å². The summed E-state index contributed by atoms with van der Waals surface area (Å²) in [5.41, 5.74) is 0.455. The summed E-state index contributed by atoms with van der Waals surface area (Å²) in [7, 11) is 0. The van der Waals surface area contributed by atoms with Crippen molar-refractivity contribution in [3.8, 4) is 0 Å². The average Bonchev–Trinajstić information content (AvgIpc) is 2.72. The van der Waals surface area contributed by atoms with Gasteiger partial charge in [-0.2, -0.15) is 0 Å². The number of Topliss-reactive ketones (excluding diaryl/α,β-unsaturated/α-hetero) is 1. The highest BCUT2D eigenvalue weighted by atomic mass is 79.9. The maximum atomic E-state index is 13.4. The van der Waals surface area contributed by atoms with E-state index in [1.165, 1.54) is 17.9 Å². The van der Waals surface area contributed by atoms with Gasteiger partial charge in [0.1, 0.15) is 17.7 Å². The highest BCUT2D eigenvalue weighted by Crippen LogP contribution is 2.27. The fourth-order valence-corrected chi connectivity index (χ4v) is 2.15. The third-order valence-electron chi connectivity index (χ3n) is 2.91. The van der Waals surface area contributed by atoms with Crippen LogP contribution in [0.4, 0.5) is 14.9 Å². The predicted octanol–water partition coefficient (Wildman–Crippen LogP) is 3.28. The maximum Gasteiger partial charge on any atom is 0.414 e. The Morgan fingerprint density at radius 3 is 2.95 bits per heavy atom. The molecule has 0 bridgehead atoms. The number of hydrogen-bond acceptors (Lipinski definition) is 3. The molecule has 4 nitrogen and oxygen atoms in total. The molecule has 0 unspecified atom stereocenters. The van der Waals surface area contributed by atoms with Crippen LogP contribution in [0.15, 0.2) is 22.7 Å². The van der Waals surface area contributed by atoms with Crippen molar-refractivity contribution >= 4 is 33.5 Å². The van der Waals surface area contributed by atoms with Crippen molar-refractivity contribution in [3.63, 3.8) is 0 Å². The Kier molecular flexibility index (Phi) is 4.19. The van der Waals surface area contributed by atoms with E-state index in [9.17, 15) is 14.0 Å². The zero-order valence-corrected chi connectivity index (χ0v) is 11.9. The number of amides is 1. The number of nitrogens with zero attached hydrogens (tertiary/aromatic N) is 1. The second-order valence-electron chi connectivity index (χ2n) is 4.46. The Hall–Kier alpha value is -1.43. The molecule has 19 heavy (non-hydrogen) atoms. The fourth-order valence-electron chi connectivity index (χ4n) is 1.90. The number of halogens is 2. The minimum Gasteiger partial charge on any atom is -0.444 e. The van der Waals surface area contributed by atoms with Gasteiger partial charge in [0.25, 0.3) is 0 Å². The lowest BCUT2D eigenvalue weighted by atomic mass is 10.1. The van der Waals surface area contributed by atoms with Gasteiger partial charge in [-0.05, 0) is 47.5 Å². The SMILES string of the molecule is CC(=O)CC[C@H]1CN(c2ccc(Br)c(F)c2)C(=O)O1. The first kappa shape index (κ1) is 14.0. The van der Waals surface area contributed by atoms with Crippen LogP contribution in [0.1, 0.15) is 19.8 Å². The monoisotopic (exact) mass is 329 g/mol. The van der Waals surface area contributed by atoms with Gasteiger partial charge >= 0.3 is 6.09 Å². The number of carbonyl (C=O) groups is 2. The summed E-state index contributed by atoms with van der Waals surface area (Å²) in [5.74, 6) is -0.373. The minimum absolute atomic E-state index is 0.0594. The van der Waals surface area contributed by atoms with Crippen LogP contribution in [-0.4, -0.2) is 24.5 Å². The second-order valence-corrected chi connectivity index (χ2v) is 5.31. The maximum absolute atomic E-state index is 13.4. The van der Waals surface area contributed by atoms with Gasteiger partial charge in [-0.3, -0.25) is 4.90 Å². The summed E-state index contributed by atoms with van der Waals surface area (Å²) < 4.78 is 18.9. The predicted molar refractivity (Wildman–Crippen MR) is 71.6 cm³/mol. The van der Waals surface area contributed by atoms with Crippen LogP contribution in [0.5, 0.6) is 0 Å². The van der Waals surface area contributed by atoms with Gasteiger partial charge in [-0.1, -0.05) is 0 Å². The van der Waals surface area contributed by atoms with Gasteiger partial charge in [-0.15, -0.1) is 0 Å². The van der Waals surface area contributed by atoms with Gasteiger partial charge in [-0.25, -0.2) is 9.18 Å². The molecule has 1 heterocycles. The number of carbonyl (C=O) groups excluding carboxylic acids is 2. The second kappa shape index (κ2) is 5.69. The van der Waals surface area contributed by atoms with Gasteiger partial charge in [0.15, 0.2) is 0 Å². The van der Waals surface area contributed by atoms with E-state index in [-0.39, 0.29) is 11.9 Å². The van der Waals surface area contributed by atoms with E-state index < -0.39 is 11.9 Å². The first-order valence-corrected chi connectivity index (χ1v) is 6.69. The molecule has 0 radical (unpaired) electrons. The van der Waals surface area contributed by atoms with Gasteiger partial charge in [0.05, 0.1) is 16.7 Å². The molecule has 1 aliphatic heterocycles. The first-order valence-electron chi connectivity index (χ1n) is 5.90. The van der Waals surface area contributed by atoms with E-state index in [1.54, 1.807) is 12.1 Å². The topological polar surface area (TPSA) is 46.6 Å². The zero-order chi connectivity index (χ0) is 14.0. The van der Waals surface area contributed by atoms with Crippen molar-refractivity contribution in [2.45, 2.75) is 25.9 Å². The van der Waals surface area contributed by atoms with Crippen LogP contribution < -0.4 is 4.90 Å². The summed E-state index contributed by atoms with van der Waals surface area (Å²) in [4.78, 5) is 24.0. The summed E-state index contributed by atoms with van der Waals surface area (Å²) in [6.07, 6.45) is 0.0512. The molecule has 1 saturated heterocycles. The highest BCUT2D eigenvalue weighted by Gasteiger charge is 2.32. The molecule has 1 atom stereocenters. The summed E-state index contributed by atoms with van der Waals surface area (Å²) in [6.45, 7) is 1.84. The van der Waals surface area contributed by atoms with Crippen molar-refractivity contribution in [2.75, 3.05) is 11.4 Å². The van der Waals surface area contributed by atoms with Crippen LogP contribution in [0, 0.1) is 5.82 Å². The minimum atomic E-state index is -0.504. The highest BCUT2D eigenvalue weighted by molar-refractivity contribution is 9.10. The Labute approximate surface area is 118 Å². The van der Waals surface area contributed by atoms with E-state index >= 15 is 0 Å². The molecule has 0 N–H and O–H groups in total. The number of ether oxygens (including phenoxy) is 1. The molecule has 1 aromatic carbocycles. The van der Waals surface area contributed by atoms with E-state index in [4.69, 9.17) is 4.74 Å². The molecule has 102 valence electrons. The third-order valence-corrected chi connectivity index (χ3v) is 3.55. The molecule has 1 aliphatic rings. The van der Waals surface area contributed by atoms with Gasteiger partial charge < -0.3 is 9.53 Å². The normalized spacial score (nSPS) is 18.6. The number of benzene rings is 1. The Balaban J connectivity index is 2.07. The van der Waals surface area contributed by atoms with Crippen molar-refractivity contribution in [3.05, 3.63) is 28.5 Å². The Morgan fingerprint density at radius 1 is 1.58 bits per heavy atom. The number of anilines is 1. The largest absolute Gasteiger partial charge is 0.444 e. The third kappa shape index (κ3) is 3.32. The van der Waals surface area contributed by atoms with Crippen molar-refractivity contribution in [1.82, 2.24) is 0 Å². The zero-order valence-electron chi connectivity index (χ0n) is 10.4. The van der Waals surface area contributed by atoms with Gasteiger partial charge in [0.2, 0.25) is 0 Å². The van der Waals surface area contributed by atoms with Crippen LogP contribution in [0.25, 0.3) is 0 Å². The molecule has 0 spiro atoms. The average molecular weight is 330 g/mol. The lowest BCUT2D eigenvalue weighted by Crippen LogP contribution is -2.24. The molecule has 0 aromatic heterocycles. The Bertz CT molecular complexity index is 521.